The van der Waals surface area contributed by atoms with Crippen LogP contribution in [0.1, 0.15) is 33.6 Å². The van der Waals surface area contributed by atoms with Crippen LogP contribution in [-0.4, -0.2) is 36.5 Å². The summed E-state index contributed by atoms with van der Waals surface area (Å²) in [5.41, 5.74) is 1.04. The molecule has 1 heterocycles. The van der Waals surface area contributed by atoms with E-state index in [-0.39, 0.29) is 18.3 Å². The Morgan fingerprint density at radius 3 is 2.48 bits per heavy atom. The van der Waals surface area contributed by atoms with Crippen molar-refractivity contribution < 1.29 is 4.79 Å². The molecule has 3 nitrogen and oxygen atoms in total. The third kappa shape index (κ3) is 3.98. The second kappa shape index (κ2) is 7.81. The number of rotatable bonds is 3. The first-order valence-corrected chi connectivity index (χ1v) is 7.62. The predicted octanol–water partition coefficient (Wildman–Crippen LogP) is 3.58. The maximum atomic E-state index is 12.5. The van der Waals surface area contributed by atoms with Crippen molar-refractivity contribution in [2.24, 2.45) is 5.92 Å². The second-order valence-corrected chi connectivity index (χ2v) is 6.02. The Hall–Kier alpha value is -1.06. The van der Waals surface area contributed by atoms with Crippen molar-refractivity contribution in [3.05, 3.63) is 30.3 Å². The highest BCUT2D eigenvalue weighted by Crippen LogP contribution is 2.29. The molecule has 0 aliphatic carbocycles. The van der Waals surface area contributed by atoms with Gasteiger partial charge in [0.15, 0.2) is 0 Å². The molecule has 1 aromatic carbocycles. The molecule has 1 amide bonds. The van der Waals surface area contributed by atoms with E-state index >= 15 is 0 Å². The van der Waals surface area contributed by atoms with Crippen LogP contribution in [0.3, 0.4) is 0 Å². The van der Waals surface area contributed by atoms with Crippen LogP contribution in [0, 0.1) is 5.92 Å². The highest BCUT2D eigenvalue weighted by molar-refractivity contribution is 5.93. The van der Waals surface area contributed by atoms with E-state index in [9.17, 15) is 4.79 Å². The topological polar surface area (TPSA) is 23.6 Å². The van der Waals surface area contributed by atoms with Gasteiger partial charge in [0.25, 0.3) is 0 Å². The molecule has 3 unspecified atom stereocenters. The van der Waals surface area contributed by atoms with E-state index in [0.717, 1.165) is 18.7 Å². The van der Waals surface area contributed by atoms with Gasteiger partial charge in [-0.3, -0.25) is 4.79 Å². The number of likely N-dealkylation sites (tertiary alicyclic amines) is 1. The lowest BCUT2D eigenvalue weighted by atomic mass is 9.88. The number of piperidine rings is 1. The third-order valence-corrected chi connectivity index (χ3v) is 4.51. The zero-order chi connectivity index (χ0) is 14.7. The van der Waals surface area contributed by atoms with Crippen molar-refractivity contribution in [1.82, 2.24) is 4.90 Å². The number of halogens is 1. The van der Waals surface area contributed by atoms with E-state index in [4.69, 9.17) is 0 Å². The van der Waals surface area contributed by atoms with Crippen molar-refractivity contribution >= 4 is 24.0 Å². The molecular formula is C17H27ClN2O. The Labute approximate surface area is 134 Å². The van der Waals surface area contributed by atoms with Crippen molar-refractivity contribution in [3.8, 4) is 0 Å². The van der Waals surface area contributed by atoms with Gasteiger partial charge >= 0.3 is 0 Å². The van der Waals surface area contributed by atoms with Gasteiger partial charge in [-0.15, -0.1) is 12.4 Å². The Balaban J connectivity index is 0.00000220. The van der Waals surface area contributed by atoms with E-state index in [1.54, 1.807) is 0 Å². The van der Waals surface area contributed by atoms with E-state index in [0.29, 0.717) is 24.4 Å². The summed E-state index contributed by atoms with van der Waals surface area (Å²) in [5.74, 6) is 0.719. The van der Waals surface area contributed by atoms with E-state index < -0.39 is 0 Å². The number of anilines is 1. The van der Waals surface area contributed by atoms with Crippen LogP contribution in [0.4, 0.5) is 5.69 Å². The number of carbonyl (C=O) groups is 1. The predicted molar refractivity (Wildman–Crippen MR) is 91.1 cm³/mol. The first-order chi connectivity index (χ1) is 9.54. The summed E-state index contributed by atoms with van der Waals surface area (Å²) in [6.07, 6.45) is 1.60. The Morgan fingerprint density at radius 2 is 1.90 bits per heavy atom. The van der Waals surface area contributed by atoms with Crippen LogP contribution in [0.5, 0.6) is 0 Å². The number of hydrogen-bond acceptors (Lipinski definition) is 2. The lowest BCUT2D eigenvalue weighted by molar-refractivity contribution is -0.119. The third-order valence-electron chi connectivity index (χ3n) is 4.51. The fourth-order valence-electron chi connectivity index (χ4n) is 3.16. The average Bonchev–Trinajstić information content (AvgIpc) is 2.45. The molecule has 118 valence electrons. The zero-order valence-electron chi connectivity index (χ0n) is 13.5. The number of amides is 1. The van der Waals surface area contributed by atoms with Gasteiger partial charge in [-0.05, 0) is 38.4 Å². The average molecular weight is 311 g/mol. The fourth-order valence-corrected chi connectivity index (χ4v) is 3.16. The molecule has 4 heteroatoms. The summed E-state index contributed by atoms with van der Waals surface area (Å²) in [5, 5.41) is 0. The molecule has 1 aromatic rings. The number of hydrogen-bond donors (Lipinski definition) is 0. The fraction of sp³-hybridized carbons (Fsp3) is 0.588. The normalized spacial score (nSPS) is 26.0. The van der Waals surface area contributed by atoms with E-state index in [1.165, 1.54) is 0 Å². The molecule has 21 heavy (non-hydrogen) atoms. The summed E-state index contributed by atoms with van der Waals surface area (Å²) >= 11 is 0. The summed E-state index contributed by atoms with van der Waals surface area (Å²) in [4.78, 5) is 16.9. The minimum atomic E-state index is 0. The van der Waals surface area contributed by atoms with Crippen molar-refractivity contribution in [3.63, 3.8) is 0 Å². The first-order valence-electron chi connectivity index (χ1n) is 7.62. The smallest absolute Gasteiger partial charge is 0.226 e. The van der Waals surface area contributed by atoms with E-state index in [2.05, 4.69) is 25.8 Å². The van der Waals surface area contributed by atoms with Crippen LogP contribution in [0.2, 0.25) is 0 Å². The molecule has 3 atom stereocenters. The summed E-state index contributed by atoms with van der Waals surface area (Å²) in [6, 6.07) is 10.9. The van der Waals surface area contributed by atoms with Crippen LogP contribution >= 0.6 is 12.4 Å². The van der Waals surface area contributed by atoms with Gasteiger partial charge in [0.2, 0.25) is 5.91 Å². The lowest BCUT2D eigenvalue weighted by Gasteiger charge is -2.44. The van der Waals surface area contributed by atoms with Crippen LogP contribution in [0.25, 0.3) is 0 Å². The molecule has 1 saturated heterocycles. The molecule has 0 radical (unpaired) electrons. The molecule has 2 rings (SSSR count). The molecule has 1 aliphatic rings. The first kappa shape index (κ1) is 18.0. The maximum Gasteiger partial charge on any atom is 0.226 e. The number of benzene rings is 1. The highest BCUT2D eigenvalue weighted by atomic mass is 35.5. The number of carbonyl (C=O) groups excluding carboxylic acids is 1. The standard InChI is InChI=1S/C17H26N2O.ClH/c1-5-17(20)19(15-9-7-6-8-10-15)16-11-14(3)18(4)12-13(16)2;/h6-10,13-14,16H,5,11-12H2,1-4H3;1H. The largest absolute Gasteiger partial charge is 0.309 e. The minimum Gasteiger partial charge on any atom is -0.309 e. The molecule has 0 spiro atoms. The molecule has 0 bridgehead atoms. The lowest BCUT2D eigenvalue weighted by Crippen LogP contribution is -2.54. The molecular weight excluding hydrogens is 284 g/mol. The molecule has 0 saturated carbocycles. The van der Waals surface area contributed by atoms with Gasteiger partial charge in [-0.1, -0.05) is 32.0 Å². The Bertz CT molecular complexity index is 451. The minimum absolute atomic E-state index is 0. The quantitative estimate of drug-likeness (QED) is 0.852. The zero-order valence-corrected chi connectivity index (χ0v) is 14.3. The van der Waals surface area contributed by atoms with Gasteiger partial charge in [0, 0.05) is 30.7 Å². The molecule has 0 aromatic heterocycles. The van der Waals surface area contributed by atoms with Crippen LogP contribution < -0.4 is 4.90 Å². The van der Waals surface area contributed by atoms with Crippen molar-refractivity contribution in [1.29, 1.82) is 0 Å². The summed E-state index contributed by atoms with van der Waals surface area (Å²) in [7, 11) is 2.17. The van der Waals surface area contributed by atoms with Crippen LogP contribution in [-0.2, 0) is 4.79 Å². The van der Waals surface area contributed by atoms with Gasteiger partial charge in [0.05, 0.1) is 0 Å². The van der Waals surface area contributed by atoms with Crippen molar-refractivity contribution in [2.45, 2.75) is 45.7 Å². The van der Waals surface area contributed by atoms with Gasteiger partial charge in [-0.2, -0.15) is 0 Å². The van der Waals surface area contributed by atoms with Crippen LogP contribution in [0.15, 0.2) is 30.3 Å². The monoisotopic (exact) mass is 310 g/mol. The maximum absolute atomic E-state index is 12.5. The van der Waals surface area contributed by atoms with E-state index in [1.807, 2.05) is 42.2 Å². The van der Waals surface area contributed by atoms with Gasteiger partial charge in [0.1, 0.15) is 0 Å². The highest BCUT2D eigenvalue weighted by Gasteiger charge is 2.35. The summed E-state index contributed by atoms with van der Waals surface area (Å²) < 4.78 is 0. The number of para-hydroxylation sites is 1. The SMILES string of the molecule is CCC(=O)N(c1ccccc1)C1CC(C)N(C)CC1C.Cl. The molecule has 1 fully saturated rings. The second-order valence-electron chi connectivity index (χ2n) is 6.02. The summed E-state index contributed by atoms with van der Waals surface area (Å²) in [6.45, 7) is 7.50. The molecule has 1 aliphatic heterocycles. The van der Waals surface area contributed by atoms with Crippen molar-refractivity contribution in [2.75, 3.05) is 18.5 Å². The Morgan fingerprint density at radius 1 is 1.29 bits per heavy atom. The number of nitrogens with zero attached hydrogens (tertiary/aromatic N) is 2. The molecule has 0 N–H and O–H groups in total. The van der Waals surface area contributed by atoms with Gasteiger partial charge in [-0.25, -0.2) is 0 Å². The Kier molecular flexibility index (Phi) is 6.69. The van der Waals surface area contributed by atoms with Gasteiger partial charge < -0.3 is 9.80 Å².